The van der Waals surface area contributed by atoms with Gasteiger partial charge in [0.2, 0.25) is 5.91 Å². The van der Waals surface area contributed by atoms with Crippen molar-refractivity contribution in [3.63, 3.8) is 0 Å². The van der Waals surface area contributed by atoms with Gasteiger partial charge in [-0.25, -0.2) is 0 Å². The molecule has 2 fully saturated rings. The lowest BCUT2D eigenvalue weighted by Gasteiger charge is -2.54. The zero-order valence-corrected chi connectivity index (χ0v) is 9.38. The average molecular weight is 195 g/mol. The van der Waals surface area contributed by atoms with Gasteiger partial charge in [0.15, 0.2) is 0 Å². The van der Waals surface area contributed by atoms with E-state index in [1.165, 1.54) is 32.1 Å². The maximum atomic E-state index is 11.2. The van der Waals surface area contributed by atoms with Crippen LogP contribution in [0.3, 0.4) is 0 Å². The lowest BCUT2D eigenvalue weighted by atomic mass is 9.55. The molecular weight excluding hydrogens is 174 g/mol. The summed E-state index contributed by atoms with van der Waals surface area (Å²) in [5.41, 5.74) is 0.640. The Morgan fingerprint density at radius 1 is 1.36 bits per heavy atom. The molecule has 2 nitrogen and oxygen atoms in total. The van der Waals surface area contributed by atoms with E-state index >= 15 is 0 Å². The molecule has 1 unspecified atom stereocenters. The summed E-state index contributed by atoms with van der Waals surface area (Å²) in [5, 5.41) is 0. The van der Waals surface area contributed by atoms with Crippen LogP contribution in [-0.4, -0.2) is 23.9 Å². The largest absolute Gasteiger partial charge is 0.343 e. The number of amides is 1. The minimum Gasteiger partial charge on any atom is -0.343 e. The third-order valence-corrected chi connectivity index (χ3v) is 4.55. The van der Waals surface area contributed by atoms with Crippen molar-refractivity contribution in [2.24, 2.45) is 11.3 Å². The molecule has 0 aromatic heterocycles. The summed E-state index contributed by atoms with van der Waals surface area (Å²) >= 11 is 0. The second kappa shape index (κ2) is 3.56. The summed E-state index contributed by atoms with van der Waals surface area (Å²) in [4.78, 5) is 13.2. The molecule has 0 N–H and O–H groups in total. The Balaban J connectivity index is 1.92. The Bertz CT molecular complexity index is 226. The van der Waals surface area contributed by atoms with Gasteiger partial charge in [0.25, 0.3) is 0 Å². The smallest absolute Gasteiger partial charge is 0.219 e. The van der Waals surface area contributed by atoms with E-state index < -0.39 is 0 Å². The molecule has 1 aliphatic carbocycles. The van der Waals surface area contributed by atoms with Gasteiger partial charge in [-0.05, 0) is 37.0 Å². The first-order valence-corrected chi connectivity index (χ1v) is 5.93. The van der Waals surface area contributed by atoms with Crippen LogP contribution < -0.4 is 0 Å². The van der Waals surface area contributed by atoms with Crippen molar-refractivity contribution in [3.8, 4) is 0 Å². The second-order valence-corrected chi connectivity index (χ2v) is 5.01. The molecule has 2 heteroatoms. The fourth-order valence-corrected chi connectivity index (χ4v) is 3.32. The van der Waals surface area contributed by atoms with Gasteiger partial charge >= 0.3 is 0 Å². The third kappa shape index (κ3) is 1.45. The van der Waals surface area contributed by atoms with E-state index in [9.17, 15) is 4.79 Å². The van der Waals surface area contributed by atoms with Crippen LogP contribution in [0.1, 0.15) is 46.0 Å². The Morgan fingerprint density at radius 2 is 2.00 bits per heavy atom. The van der Waals surface area contributed by atoms with E-state index in [1.54, 1.807) is 6.92 Å². The maximum Gasteiger partial charge on any atom is 0.219 e. The van der Waals surface area contributed by atoms with Crippen molar-refractivity contribution in [2.45, 2.75) is 46.0 Å². The normalized spacial score (nSPS) is 30.1. The van der Waals surface area contributed by atoms with Crippen LogP contribution in [0.5, 0.6) is 0 Å². The number of carbonyl (C=O) groups is 1. The lowest BCUT2D eigenvalue weighted by molar-refractivity contribution is -0.134. The Hall–Kier alpha value is -0.530. The number of hydrogen-bond acceptors (Lipinski definition) is 1. The van der Waals surface area contributed by atoms with E-state index in [4.69, 9.17) is 0 Å². The number of nitrogens with zero attached hydrogens (tertiary/aromatic N) is 1. The molecule has 2 rings (SSSR count). The number of likely N-dealkylation sites (tertiary alicyclic amines) is 1. The summed E-state index contributed by atoms with van der Waals surface area (Å²) in [5.74, 6) is 1.21. The van der Waals surface area contributed by atoms with Crippen LogP contribution >= 0.6 is 0 Å². The van der Waals surface area contributed by atoms with Gasteiger partial charge in [0.1, 0.15) is 0 Å². The van der Waals surface area contributed by atoms with Gasteiger partial charge in [-0.2, -0.15) is 0 Å². The molecule has 14 heavy (non-hydrogen) atoms. The van der Waals surface area contributed by atoms with E-state index in [-0.39, 0.29) is 5.91 Å². The molecule has 0 radical (unpaired) electrons. The van der Waals surface area contributed by atoms with Crippen molar-refractivity contribution in [1.29, 1.82) is 0 Å². The minimum absolute atomic E-state index is 0.257. The van der Waals surface area contributed by atoms with Crippen LogP contribution in [0.4, 0.5) is 0 Å². The standard InChI is InChI=1S/C12H21NO/c1-3-11-4-5-12(11)6-8-13(9-7-12)10(2)14/h11H,3-9H2,1-2H3. The highest BCUT2D eigenvalue weighted by Gasteiger charge is 2.46. The first kappa shape index (κ1) is 10.0. The van der Waals surface area contributed by atoms with Gasteiger partial charge in [-0.15, -0.1) is 0 Å². The van der Waals surface area contributed by atoms with E-state index in [0.29, 0.717) is 5.41 Å². The van der Waals surface area contributed by atoms with Crippen LogP contribution in [0.2, 0.25) is 0 Å². The Kier molecular flexibility index (Phi) is 2.54. The first-order chi connectivity index (χ1) is 6.68. The van der Waals surface area contributed by atoms with E-state index in [2.05, 4.69) is 6.92 Å². The summed E-state index contributed by atoms with van der Waals surface area (Å²) in [7, 11) is 0. The Morgan fingerprint density at radius 3 is 2.36 bits per heavy atom. The second-order valence-electron chi connectivity index (χ2n) is 5.01. The van der Waals surface area contributed by atoms with Crippen molar-refractivity contribution in [3.05, 3.63) is 0 Å². The van der Waals surface area contributed by atoms with Crippen molar-refractivity contribution >= 4 is 5.91 Å². The molecule has 2 aliphatic rings. The molecular formula is C12H21NO. The monoisotopic (exact) mass is 195 g/mol. The zero-order chi connectivity index (χ0) is 10.2. The molecule has 0 bridgehead atoms. The highest BCUT2D eigenvalue weighted by atomic mass is 16.2. The molecule has 1 saturated heterocycles. The van der Waals surface area contributed by atoms with Gasteiger partial charge in [0, 0.05) is 20.0 Å². The van der Waals surface area contributed by atoms with Crippen molar-refractivity contribution in [2.75, 3.05) is 13.1 Å². The van der Waals surface area contributed by atoms with Crippen LogP contribution in [-0.2, 0) is 4.79 Å². The fraction of sp³-hybridized carbons (Fsp3) is 0.917. The fourth-order valence-electron chi connectivity index (χ4n) is 3.32. The zero-order valence-electron chi connectivity index (χ0n) is 9.38. The van der Waals surface area contributed by atoms with Gasteiger partial charge in [-0.3, -0.25) is 4.79 Å². The average Bonchev–Trinajstić information content (AvgIpc) is 2.17. The molecule has 0 aromatic carbocycles. The highest BCUT2D eigenvalue weighted by molar-refractivity contribution is 5.73. The quantitative estimate of drug-likeness (QED) is 0.629. The number of hydrogen-bond donors (Lipinski definition) is 0. The van der Waals surface area contributed by atoms with Gasteiger partial charge < -0.3 is 4.90 Å². The van der Waals surface area contributed by atoms with Crippen molar-refractivity contribution < 1.29 is 4.79 Å². The van der Waals surface area contributed by atoms with Crippen molar-refractivity contribution in [1.82, 2.24) is 4.90 Å². The number of piperidine rings is 1. The minimum atomic E-state index is 0.257. The topological polar surface area (TPSA) is 20.3 Å². The molecule has 1 atom stereocenters. The molecule has 80 valence electrons. The van der Waals surface area contributed by atoms with Crippen LogP contribution in [0, 0.1) is 11.3 Å². The van der Waals surface area contributed by atoms with E-state index in [0.717, 1.165) is 19.0 Å². The van der Waals surface area contributed by atoms with Crippen LogP contribution in [0.15, 0.2) is 0 Å². The van der Waals surface area contributed by atoms with E-state index in [1.807, 2.05) is 4.90 Å². The Labute approximate surface area is 86.7 Å². The number of rotatable bonds is 1. The first-order valence-electron chi connectivity index (χ1n) is 5.93. The lowest BCUT2D eigenvalue weighted by Crippen LogP contribution is -2.50. The molecule has 1 spiro atoms. The predicted octanol–water partition coefficient (Wildman–Crippen LogP) is 2.44. The summed E-state index contributed by atoms with van der Waals surface area (Å²) in [6.07, 6.45) is 6.68. The van der Waals surface area contributed by atoms with Gasteiger partial charge in [0.05, 0.1) is 0 Å². The predicted molar refractivity (Wildman–Crippen MR) is 56.9 cm³/mol. The van der Waals surface area contributed by atoms with Crippen LogP contribution in [0.25, 0.3) is 0 Å². The molecule has 0 aromatic rings. The molecule has 1 heterocycles. The molecule has 1 saturated carbocycles. The maximum absolute atomic E-state index is 11.2. The summed E-state index contributed by atoms with van der Waals surface area (Å²) in [6, 6.07) is 0. The number of carbonyl (C=O) groups excluding carboxylic acids is 1. The summed E-state index contributed by atoms with van der Waals surface area (Å²) in [6.45, 7) is 6.01. The molecule has 1 aliphatic heterocycles. The molecule has 1 amide bonds. The van der Waals surface area contributed by atoms with Gasteiger partial charge in [-0.1, -0.05) is 13.3 Å². The summed E-state index contributed by atoms with van der Waals surface area (Å²) < 4.78 is 0. The highest BCUT2D eigenvalue weighted by Crippen LogP contribution is 2.54. The third-order valence-electron chi connectivity index (χ3n) is 4.55. The SMILES string of the molecule is CCC1CCC12CCN(C(C)=O)CC2.